The molecule has 3 rings (SSSR count). The van der Waals surface area contributed by atoms with Gasteiger partial charge in [0.1, 0.15) is 18.7 Å². The molecule has 0 saturated carbocycles. The SMILES string of the molecule is Cc1cccc(OCc2nn3cnnc3s2)c1. The Hall–Kier alpha value is -1.95. The Morgan fingerprint density at radius 1 is 1.41 bits per heavy atom. The molecular weight excluding hydrogens is 236 g/mol. The molecule has 0 N–H and O–H groups in total. The molecule has 1 aromatic carbocycles. The first-order valence-corrected chi connectivity index (χ1v) is 5.98. The molecule has 0 bridgehead atoms. The van der Waals surface area contributed by atoms with Crippen LogP contribution in [0.3, 0.4) is 0 Å². The minimum atomic E-state index is 0.456. The summed E-state index contributed by atoms with van der Waals surface area (Å²) in [5, 5.41) is 12.9. The van der Waals surface area contributed by atoms with Gasteiger partial charge in [0, 0.05) is 0 Å². The Morgan fingerprint density at radius 2 is 2.35 bits per heavy atom. The zero-order valence-electron chi connectivity index (χ0n) is 9.20. The van der Waals surface area contributed by atoms with Crippen molar-refractivity contribution in [3.05, 3.63) is 41.2 Å². The Bertz CT molecular complexity index is 617. The van der Waals surface area contributed by atoms with Gasteiger partial charge >= 0.3 is 0 Å². The van der Waals surface area contributed by atoms with Gasteiger partial charge in [0.05, 0.1) is 0 Å². The predicted octanol–water partition coefficient (Wildman–Crippen LogP) is 2.07. The largest absolute Gasteiger partial charge is 0.486 e. The highest BCUT2D eigenvalue weighted by Crippen LogP contribution is 2.17. The van der Waals surface area contributed by atoms with Crippen LogP contribution in [0.2, 0.25) is 0 Å². The van der Waals surface area contributed by atoms with E-state index in [0.29, 0.717) is 6.61 Å². The highest BCUT2D eigenvalue weighted by atomic mass is 32.1. The molecule has 2 heterocycles. The molecule has 0 aliphatic heterocycles. The first kappa shape index (κ1) is 10.2. The summed E-state index contributed by atoms with van der Waals surface area (Å²) in [6.07, 6.45) is 1.59. The Morgan fingerprint density at radius 3 is 3.18 bits per heavy atom. The summed E-state index contributed by atoms with van der Waals surface area (Å²) in [6, 6.07) is 7.95. The van der Waals surface area contributed by atoms with Crippen LogP contribution in [0, 0.1) is 6.92 Å². The maximum Gasteiger partial charge on any atom is 0.234 e. The van der Waals surface area contributed by atoms with Crippen molar-refractivity contribution < 1.29 is 4.74 Å². The minimum absolute atomic E-state index is 0.456. The summed E-state index contributed by atoms with van der Waals surface area (Å²) < 4.78 is 7.31. The standard InChI is InChI=1S/C11H10N4OS/c1-8-3-2-4-9(5-8)16-6-10-14-15-7-12-13-11(15)17-10/h2-5,7H,6H2,1H3. The summed E-state index contributed by atoms with van der Waals surface area (Å²) in [5.41, 5.74) is 1.18. The summed E-state index contributed by atoms with van der Waals surface area (Å²) in [7, 11) is 0. The third-order valence-electron chi connectivity index (χ3n) is 2.28. The molecule has 3 aromatic rings. The number of rotatable bonds is 3. The van der Waals surface area contributed by atoms with Crippen LogP contribution in [0.25, 0.3) is 4.96 Å². The van der Waals surface area contributed by atoms with E-state index in [1.165, 1.54) is 16.9 Å². The predicted molar refractivity (Wildman–Crippen MR) is 64.2 cm³/mol. The second-order valence-electron chi connectivity index (χ2n) is 3.66. The quantitative estimate of drug-likeness (QED) is 0.710. The molecule has 0 amide bonds. The van der Waals surface area contributed by atoms with Gasteiger partial charge in [0.25, 0.3) is 0 Å². The molecule has 2 aromatic heterocycles. The maximum atomic E-state index is 5.66. The molecule has 0 unspecified atom stereocenters. The topological polar surface area (TPSA) is 52.3 Å². The van der Waals surface area contributed by atoms with Gasteiger partial charge in [-0.05, 0) is 24.6 Å². The van der Waals surface area contributed by atoms with Crippen molar-refractivity contribution in [1.82, 2.24) is 19.8 Å². The molecule has 0 spiro atoms. The van der Waals surface area contributed by atoms with Crippen molar-refractivity contribution >= 4 is 16.3 Å². The molecule has 6 heteroatoms. The van der Waals surface area contributed by atoms with Crippen molar-refractivity contribution in [2.45, 2.75) is 13.5 Å². The number of hydrogen-bond acceptors (Lipinski definition) is 5. The number of ether oxygens (including phenoxy) is 1. The average Bonchev–Trinajstić information content (AvgIpc) is 2.86. The molecule has 86 valence electrons. The molecule has 0 aliphatic rings. The van der Waals surface area contributed by atoms with Gasteiger partial charge < -0.3 is 4.74 Å². The van der Waals surface area contributed by atoms with Gasteiger partial charge in [-0.2, -0.15) is 9.61 Å². The average molecular weight is 246 g/mol. The summed E-state index contributed by atoms with van der Waals surface area (Å²) >= 11 is 1.48. The summed E-state index contributed by atoms with van der Waals surface area (Å²) in [4.78, 5) is 0.785. The molecule has 17 heavy (non-hydrogen) atoms. The number of aryl methyl sites for hydroxylation is 1. The molecular formula is C11H10N4OS. The van der Waals surface area contributed by atoms with E-state index in [0.717, 1.165) is 15.7 Å². The van der Waals surface area contributed by atoms with E-state index in [1.54, 1.807) is 10.8 Å². The molecule has 0 saturated heterocycles. The fourth-order valence-corrected chi connectivity index (χ4v) is 2.24. The van der Waals surface area contributed by atoms with Crippen LogP contribution < -0.4 is 4.74 Å². The van der Waals surface area contributed by atoms with Gasteiger partial charge in [0.2, 0.25) is 4.96 Å². The van der Waals surface area contributed by atoms with Crippen LogP contribution >= 0.6 is 11.3 Å². The lowest BCUT2D eigenvalue weighted by Gasteiger charge is -2.03. The third-order valence-corrected chi connectivity index (χ3v) is 3.17. The smallest absolute Gasteiger partial charge is 0.234 e. The van der Waals surface area contributed by atoms with Gasteiger partial charge in [-0.15, -0.1) is 10.2 Å². The second kappa shape index (κ2) is 4.14. The lowest BCUT2D eigenvalue weighted by atomic mass is 10.2. The van der Waals surface area contributed by atoms with Crippen molar-refractivity contribution in [2.75, 3.05) is 0 Å². The van der Waals surface area contributed by atoms with Gasteiger partial charge in [0.15, 0.2) is 5.01 Å². The maximum absolute atomic E-state index is 5.66. The number of benzene rings is 1. The first-order valence-electron chi connectivity index (χ1n) is 5.16. The minimum Gasteiger partial charge on any atom is -0.486 e. The molecule has 0 radical (unpaired) electrons. The van der Waals surface area contributed by atoms with E-state index in [2.05, 4.69) is 15.3 Å². The Labute approximate surface area is 102 Å². The van der Waals surface area contributed by atoms with Crippen LogP contribution in [0.1, 0.15) is 10.6 Å². The molecule has 0 atom stereocenters. The summed E-state index contributed by atoms with van der Waals surface area (Å²) in [6.45, 7) is 2.49. The van der Waals surface area contributed by atoms with E-state index in [1.807, 2.05) is 31.2 Å². The second-order valence-corrected chi connectivity index (χ2v) is 4.70. The monoisotopic (exact) mass is 246 g/mol. The van der Waals surface area contributed by atoms with E-state index < -0.39 is 0 Å². The molecule has 0 fully saturated rings. The zero-order valence-corrected chi connectivity index (χ0v) is 10.0. The number of nitrogens with zero attached hydrogens (tertiary/aromatic N) is 4. The summed E-state index contributed by atoms with van der Waals surface area (Å²) in [5.74, 6) is 0.857. The number of hydrogen-bond donors (Lipinski definition) is 0. The lowest BCUT2D eigenvalue weighted by molar-refractivity contribution is 0.304. The van der Waals surface area contributed by atoms with Gasteiger partial charge in [-0.3, -0.25) is 0 Å². The van der Waals surface area contributed by atoms with E-state index in [-0.39, 0.29) is 0 Å². The fourth-order valence-electron chi connectivity index (χ4n) is 1.51. The Balaban J connectivity index is 1.74. The normalized spacial score (nSPS) is 10.9. The van der Waals surface area contributed by atoms with Crippen LogP contribution in [0.4, 0.5) is 0 Å². The molecule has 0 aliphatic carbocycles. The highest BCUT2D eigenvalue weighted by Gasteiger charge is 2.05. The zero-order chi connectivity index (χ0) is 11.7. The molecule has 5 nitrogen and oxygen atoms in total. The van der Waals surface area contributed by atoms with Crippen molar-refractivity contribution in [3.63, 3.8) is 0 Å². The third kappa shape index (κ3) is 2.12. The van der Waals surface area contributed by atoms with Crippen LogP contribution in [0.15, 0.2) is 30.6 Å². The van der Waals surface area contributed by atoms with Crippen LogP contribution in [-0.2, 0) is 6.61 Å². The Kier molecular flexibility index (Phi) is 2.49. The number of aromatic nitrogens is 4. The van der Waals surface area contributed by atoms with E-state index in [4.69, 9.17) is 4.74 Å². The van der Waals surface area contributed by atoms with Gasteiger partial charge in [-0.25, -0.2) is 0 Å². The van der Waals surface area contributed by atoms with Crippen molar-refractivity contribution in [3.8, 4) is 5.75 Å². The van der Waals surface area contributed by atoms with E-state index in [9.17, 15) is 0 Å². The van der Waals surface area contributed by atoms with Crippen LogP contribution in [-0.4, -0.2) is 19.8 Å². The van der Waals surface area contributed by atoms with Crippen molar-refractivity contribution in [2.24, 2.45) is 0 Å². The fraction of sp³-hybridized carbons (Fsp3) is 0.182. The highest BCUT2D eigenvalue weighted by molar-refractivity contribution is 7.16. The lowest BCUT2D eigenvalue weighted by Crippen LogP contribution is -1.96. The number of fused-ring (bicyclic) bond motifs is 1. The van der Waals surface area contributed by atoms with Crippen LogP contribution in [0.5, 0.6) is 5.75 Å². The van der Waals surface area contributed by atoms with Gasteiger partial charge in [-0.1, -0.05) is 23.5 Å². The van der Waals surface area contributed by atoms with Crippen molar-refractivity contribution in [1.29, 1.82) is 0 Å². The first-order chi connectivity index (χ1) is 8.31. The van der Waals surface area contributed by atoms with E-state index >= 15 is 0 Å².